The minimum atomic E-state index is -0.253. The van der Waals surface area contributed by atoms with E-state index in [2.05, 4.69) is 5.32 Å². The molecule has 0 aliphatic carbocycles. The first-order chi connectivity index (χ1) is 8.72. The van der Waals surface area contributed by atoms with Crippen LogP contribution in [0.3, 0.4) is 0 Å². The van der Waals surface area contributed by atoms with Gasteiger partial charge in [-0.2, -0.15) is 0 Å². The van der Waals surface area contributed by atoms with Crippen LogP contribution in [0.5, 0.6) is 5.75 Å². The normalized spacial score (nSPS) is 11.9. The molecule has 0 fully saturated rings. The molecule has 1 aromatic rings. The number of carbonyl (C=O) groups is 1. The van der Waals surface area contributed by atoms with Gasteiger partial charge in [0.05, 0.1) is 14.2 Å². The second-order valence-corrected chi connectivity index (χ2v) is 4.79. The number of ether oxygens (including phenoxy) is 2. The van der Waals surface area contributed by atoms with Crippen molar-refractivity contribution in [2.75, 3.05) is 27.0 Å². The molecular weight excluding hydrogens is 250 g/mol. The Bertz CT molecular complexity index is 384. The second-order valence-electron chi connectivity index (χ2n) is 3.65. The van der Waals surface area contributed by atoms with Gasteiger partial charge in [-0.15, -0.1) is 11.8 Å². The molecule has 0 aliphatic rings. The van der Waals surface area contributed by atoms with Crippen molar-refractivity contribution in [3.8, 4) is 5.75 Å². The van der Waals surface area contributed by atoms with E-state index in [-0.39, 0.29) is 12.0 Å². The Kier molecular flexibility index (Phi) is 6.60. The summed E-state index contributed by atoms with van der Waals surface area (Å²) in [5, 5.41) is 2.95. The average Bonchev–Trinajstić information content (AvgIpc) is 2.43. The van der Waals surface area contributed by atoms with Crippen LogP contribution in [0.4, 0.5) is 0 Å². The molecule has 0 saturated heterocycles. The zero-order chi connectivity index (χ0) is 13.4. The maximum atomic E-state index is 11.4. The maximum absolute atomic E-state index is 11.4. The molecule has 1 N–H and O–H groups in total. The lowest BCUT2D eigenvalue weighted by molar-refractivity contribution is -0.143. The summed E-state index contributed by atoms with van der Waals surface area (Å²) >= 11 is 1.67. The van der Waals surface area contributed by atoms with Crippen molar-refractivity contribution in [1.29, 1.82) is 0 Å². The van der Waals surface area contributed by atoms with Gasteiger partial charge in [-0.05, 0) is 25.6 Å². The molecule has 1 unspecified atom stereocenters. The van der Waals surface area contributed by atoms with Gasteiger partial charge >= 0.3 is 5.97 Å². The van der Waals surface area contributed by atoms with Gasteiger partial charge in [-0.1, -0.05) is 12.1 Å². The van der Waals surface area contributed by atoms with Gasteiger partial charge in [0.25, 0.3) is 0 Å². The largest absolute Gasteiger partial charge is 0.496 e. The highest BCUT2D eigenvalue weighted by Crippen LogP contribution is 2.29. The third kappa shape index (κ3) is 4.23. The number of nitrogens with one attached hydrogen (secondary N) is 1. The molecule has 0 amide bonds. The van der Waals surface area contributed by atoms with Crippen LogP contribution in [0.25, 0.3) is 0 Å². The number of thioether (sulfide) groups is 1. The monoisotopic (exact) mass is 269 g/mol. The first-order valence-corrected chi connectivity index (χ1v) is 6.72. The highest BCUT2D eigenvalue weighted by atomic mass is 32.2. The minimum absolute atomic E-state index is 0.224. The van der Waals surface area contributed by atoms with Crippen LogP contribution in [-0.2, 0) is 9.53 Å². The fourth-order valence-corrected chi connectivity index (χ4v) is 2.59. The van der Waals surface area contributed by atoms with E-state index < -0.39 is 0 Å². The van der Waals surface area contributed by atoms with Crippen molar-refractivity contribution in [3.63, 3.8) is 0 Å². The van der Waals surface area contributed by atoms with E-state index in [1.807, 2.05) is 24.3 Å². The number of para-hydroxylation sites is 1. The van der Waals surface area contributed by atoms with Gasteiger partial charge in [-0.25, -0.2) is 0 Å². The number of esters is 1. The van der Waals surface area contributed by atoms with Crippen molar-refractivity contribution < 1.29 is 14.3 Å². The van der Waals surface area contributed by atoms with Crippen LogP contribution >= 0.6 is 11.8 Å². The summed E-state index contributed by atoms with van der Waals surface area (Å²) in [6, 6.07) is 7.60. The van der Waals surface area contributed by atoms with E-state index in [1.165, 1.54) is 7.11 Å². The van der Waals surface area contributed by atoms with Gasteiger partial charge in [0.2, 0.25) is 0 Å². The molecule has 1 aromatic carbocycles. The highest BCUT2D eigenvalue weighted by molar-refractivity contribution is 7.99. The standard InChI is InChI=1S/C13H19NO3S/c1-14-10(13(15)17-3)8-9-18-12-7-5-4-6-11(12)16-2/h4-7,10,14H,8-9H2,1-3H3. The van der Waals surface area contributed by atoms with Crippen molar-refractivity contribution in [2.45, 2.75) is 17.4 Å². The number of likely N-dealkylation sites (N-methyl/N-ethyl adjacent to an activating group) is 1. The molecule has 0 radical (unpaired) electrons. The molecule has 0 spiro atoms. The van der Waals surface area contributed by atoms with E-state index in [0.29, 0.717) is 6.42 Å². The summed E-state index contributed by atoms with van der Waals surface area (Å²) < 4.78 is 9.99. The highest BCUT2D eigenvalue weighted by Gasteiger charge is 2.16. The van der Waals surface area contributed by atoms with Gasteiger partial charge in [-0.3, -0.25) is 4.79 Å². The number of benzene rings is 1. The van der Waals surface area contributed by atoms with Gasteiger partial charge < -0.3 is 14.8 Å². The van der Waals surface area contributed by atoms with Crippen molar-refractivity contribution >= 4 is 17.7 Å². The van der Waals surface area contributed by atoms with E-state index in [4.69, 9.17) is 9.47 Å². The summed E-state index contributed by atoms with van der Waals surface area (Å²) in [4.78, 5) is 12.5. The molecule has 4 nitrogen and oxygen atoms in total. The molecular formula is C13H19NO3S. The van der Waals surface area contributed by atoms with Crippen LogP contribution in [0.15, 0.2) is 29.2 Å². The molecule has 0 heterocycles. The Hall–Kier alpha value is -1.20. The van der Waals surface area contributed by atoms with Gasteiger partial charge in [0.15, 0.2) is 0 Å². The third-order valence-corrected chi connectivity index (χ3v) is 3.66. The molecule has 0 aliphatic heterocycles. The maximum Gasteiger partial charge on any atom is 0.322 e. The van der Waals surface area contributed by atoms with E-state index >= 15 is 0 Å². The zero-order valence-electron chi connectivity index (χ0n) is 10.9. The first-order valence-electron chi connectivity index (χ1n) is 5.73. The Morgan fingerprint density at radius 2 is 2.11 bits per heavy atom. The predicted molar refractivity (Wildman–Crippen MR) is 73.2 cm³/mol. The number of rotatable bonds is 7. The van der Waals surface area contributed by atoms with Crippen LogP contribution in [0, 0.1) is 0 Å². The Labute approximate surface area is 112 Å². The molecule has 0 bridgehead atoms. The zero-order valence-corrected chi connectivity index (χ0v) is 11.8. The van der Waals surface area contributed by atoms with E-state index in [1.54, 1.807) is 25.9 Å². The Morgan fingerprint density at radius 1 is 1.39 bits per heavy atom. The van der Waals surface area contributed by atoms with Crippen molar-refractivity contribution in [2.24, 2.45) is 0 Å². The fraction of sp³-hybridized carbons (Fsp3) is 0.462. The Balaban J connectivity index is 2.47. The molecule has 0 aromatic heterocycles. The summed E-state index contributed by atoms with van der Waals surface area (Å²) in [6.07, 6.45) is 0.714. The molecule has 100 valence electrons. The smallest absolute Gasteiger partial charge is 0.322 e. The number of methoxy groups -OCH3 is 2. The summed E-state index contributed by atoms with van der Waals surface area (Å²) in [5.74, 6) is 1.46. The minimum Gasteiger partial charge on any atom is -0.496 e. The third-order valence-electron chi connectivity index (χ3n) is 2.57. The number of hydrogen-bond donors (Lipinski definition) is 1. The molecule has 0 saturated carbocycles. The lowest BCUT2D eigenvalue weighted by Crippen LogP contribution is -2.35. The molecule has 1 atom stereocenters. The number of hydrogen-bond acceptors (Lipinski definition) is 5. The van der Waals surface area contributed by atoms with Gasteiger partial charge in [0, 0.05) is 10.6 Å². The summed E-state index contributed by atoms with van der Waals surface area (Å²) in [7, 11) is 4.82. The van der Waals surface area contributed by atoms with Crippen LogP contribution in [0.2, 0.25) is 0 Å². The predicted octanol–water partition coefficient (Wildman–Crippen LogP) is 1.94. The van der Waals surface area contributed by atoms with Crippen LogP contribution in [-0.4, -0.2) is 39.0 Å². The molecule has 18 heavy (non-hydrogen) atoms. The van der Waals surface area contributed by atoms with Crippen molar-refractivity contribution in [1.82, 2.24) is 5.32 Å². The molecule has 5 heteroatoms. The Morgan fingerprint density at radius 3 is 2.72 bits per heavy atom. The average molecular weight is 269 g/mol. The van der Waals surface area contributed by atoms with Crippen LogP contribution < -0.4 is 10.1 Å². The van der Waals surface area contributed by atoms with E-state index in [0.717, 1.165) is 16.4 Å². The van der Waals surface area contributed by atoms with Crippen LogP contribution in [0.1, 0.15) is 6.42 Å². The van der Waals surface area contributed by atoms with Crippen molar-refractivity contribution in [3.05, 3.63) is 24.3 Å². The van der Waals surface area contributed by atoms with E-state index in [9.17, 15) is 4.79 Å². The first kappa shape index (κ1) is 14.9. The second kappa shape index (κ2) is 8.00. The summed E-state index contributed by atoms with van der Waals surface area (Å²) in [5.41, 5.74) is 0. The molecule has 1 rings (SSSR count). The number of carbonyl (C=O) groups excluding carboxylic acids is 1. The lowest BCUT2D eigenvalue weighted by Gasteiger charge is -2.13. The fourth-order valence-electron chi connectivity index (χ4n) is 1.55. The quantitative estimate of drug-likeness (QED) is 0.605. The topological polar surface area (TPSA) is 47.6 Å². The SMILES string of the molecule is CNC(CCSc1ccccc1OC)C(=O)OC. The summed E-state index contributed by atoms with van der Waals surface area (Å²) in [6.45, 7) is 0. The van der Waals surface area contributed by atoms with Gasteiger partial charge in [0.1, 0.15) is 11.8 Å². The lowest BCUT2D eigenvalue weighted by atomic mass is 10.2.